The summed E-state index contributed by atoms with van der Waals surface area (Å²) in [6, 6.07) is 0. The smallest absolute Gasteiger partial charge is 0.199 e. The molecule has 0 atom stereocenters. The van der Waals surface area contributed by atoms with E-state index in [1.54, 1.807) is 16.9 Å². The predicted molar refractivity (Wildman–Crippen MR) is 62.6 cm³/mol. The molecule has 0 spiro atoms. The lowest BCUT2D eigenvalue weighted by Gasteiger charge is -2.24. The van der Waals surface area contributed by atoms with Gasteiger partial charge in [0.25, 0.3) is 0 Å². The zero-order chi connectivity index (χ0) is 12.3. The number of hydrogen-bond donors (Lipinski definition) is 2. The minimum absolute atomic E-state index is 0.00489. The SMILES string of the molecule is CC(C)(CCO)CNc1cncc2nnnn12. The van der Waals surface area contributed by atoms with Crippen molar-refractivity contribution < 1.29 is 5.11 Å². The monoisotopic (exact) mass is 236 g/mol. The molecule has 0 aliphatic rings. The molecule has 0 aliphatic heterocycles. The Bertz CT molecular complexity index is 494. The van der Waals surface area contributed by atoms with E-state index in [4.69, 9.17) is 5.11 Å². The lowest BCUT2D eigenvalue weighted by molar-refractivity contribution is 0.220. The van der Waals surface area contributed by atoms with Crippen LogP contribution < -0.4 is 5.32 Å². The van der Waals surface area contributed by atoms with Gasteiger partial charge in [0.1, 0.15) is 5.82 Å². The Morgan fingerprint density at radius 3 is 3.00 bits per heavy atom. The molecule has 2 heterocycles. The Morgan fingerprint density at radius 1 is 1.41 bits per heavy atom. The minimum Gasteiger partial charge on any atom is -0.396 e. The average Bonchev–Trinajstić information content (AvgIpc) is 2.74. The molecule has 0 aromatic carbocycles. The maximum absolute atomic E-state index is 8.96. The van der Waals surface area contributed by atoms with Crippen molar-refractivity contribution in [3.8, 4) is 0 Å². The summed E-state index contributed by atoms with van der Waals surface area (Å²) < 4.78 is 1.60. The summed E-state index contributed by atoms with van der Waals surface area (Å²) in [6.45, 7) is 5.07. The summed E-state index contributed by atoms with van der Waals surface area (Å²) in [7, 11) is 0. The fourth-order valence-electron chi connectivity index (χ4n) is 1.52. The first kappa shape index (κ1) is 11.7. The zero-order valence-electron chi connectivity index (χ0n) is 9.96. The molecule has 0 fully saturated rings. The summed E-state index contributed by atoms with van der Waals surface area (Å²) >= 11 is 0. The lowest BCUT2D eigenvalue weighted by Crippen LogP contribution is -2.25. The van der Waals surface area contributed by atoms with Gasteiger partial charge in [-0.15, -0.1) is 5.10 Å². The van der Waals surface area contributed by atoms with Crippen molar-refractivity contribution in [2.24, 2.45) is 5.41 Å². The Morgan fingerprint density at radius 2 is 2.24 bits per heavy atom. The molecule has 0 bridgehead atoms. The summed E-state index contributed by atoms with van der Waals surface area (Å²) in [5, 5.41) is 23.5. The highest BCUT2D eigenvalue weighted by Gasteiger charge is 2.17. The highest BCUT2D eigenvalue weighted by Crippen LogP contribution is 2.20. The number of aliphatic hydroxyl groups excluding tert-OH is 1. The van der Waals surface area contributed by atoms with Gasteiger partial charge >= 0.3 is 0 Å². The van der Waals surface area contributed by atoms with Crippen molar-refractivity contribution >= 4 is 11.5 Å². The lowest BCUT2D eigenvalue weighted by atomic mass is 9.90. The molecule has 0 saturated carbocycles. The molecular weight excluding hydrogens is 220 g/mol. The van der Waals surface area contributed by atoms with Crippen molar-refractivity contribution in [1.29, 1.82) is 0 Å². The van der Waals surface area contributed by atoms with E-state index in [1.807, 2.05) is 0 Å². The van der Waals surface area contributed by atoms with Gasteiger partial charge in [-0.2, -0.15) is 4.52 Å². The van der Waals surface area contributed by atoms with Crippen molar-refractivity contribution in [2.45, 2.75) is 20.3 Å². The van der Waals surface area contributed by atoms with Crippen LogP contribution in [0.4, 0.5) is 5.82 Å². The standard InChI is InChI=1S/C10H16N6O/c1-10(2,3-4-17)7-12-8-5-11-6-9-13-14-15-16(8)9/h5-6,12,17H,3-4,7H2,1-2H3. The van der Waals surface area contributed by atoms with E-state index in [0.717, 1.165) is 12.2 Å². The Kier molecular flexibility index (Phi) is 3.19. The number of tetrazole rings is 1. The van der Waals surface area contributed by atoms with Gasteiger partial charge in [0.15, 0.2) is 5.65 Å². The third-order valence-corrected chi connectivity index (χ3v) is 2.65. The molecule has 7 nitrogen and oxygen atoms in total. The van der Waals surface area contributed by atoms with E-state index in [2.05, 4.69) is 39.7 Å². The molecule has 7 heteroatoms. The number of hydrogen-bond acceptors (Lipinski definition) is 6. The first-order valence-electron chi connectivity index (χ1n) is 5.49. The number of fused-ring (bicyclic) bond motifs is 1. The van der Waals surface area contributed by atoms with Gasteiger partial charge in [0.2, 0.25) is 0 Å². The van der Waals surface area contributed by atoms with Crippen LogP contribution in [0, 0.1) is 5.41 Å². The second-order valence-electron chi connectivity index (χ2n) is 4.73. The number of aliphatic hydroxyl groups is 1. The van der Waals surface area contributed by atoms with E-state index in [1.165, 1.54) is 0 Å². The van der Waals surface area contributed by atoms with E-state index in [0.29, 0.717) is 12.2 Å². The van der Waals surface area contributed by atoms with Crippen LogP contribution in [-0.4, -0.2) is 43.3 Å². The van der Waals surface area contributed by atoms with Crippen LogP contribution in [0.5, 0.6) is 0 Å². The Hall–Kier alpha value is -1.76. The molecular formula is C10H16N6O. The number of rotatable bonds is 5. The maximum atomic E-state index is 8.96. The van der Waals surface area contributed by atoms with Crippen molar-refractivity contribution in [3.63, 3.8) is 0 Å². The average molecular weight is 236 g/mol. The Balaban J connectivity index is 2.11. The first-order chi connectivity index (χ1) is 8.12. The molecule has 92 valence electrons. The molecule has 2 N–H and O–H groups in total. The van der Waals surface area contributed by atoms with Gasteiger partial charge in [0.05, 0.1) is 12.4 Å². The second kappa shape index (κ2) is 4.62. The molecule has 17 heavy (non-hydrogen) atoms. The number of nitrogens with zero attached hydrogens (tertiary/aromatic N) is 5. The fraction of sp³-hybridized carbons (Fsp3) is 0.600. The third-order valence-electron chi connectivity index (χ3n) is 2.65. The van der Waals surface area contributed by atoms with Gasteiger partial charge in [-0.25, -0.2) is 0 Å². The number of anilines is 1. The number of nitrogens with one attached hydrogen (secondary N) is 1. The normalized spacial score (nSPS) is 11.9. The molecule has 0 amide bonds. The van der Waals surface area contributed by atoms with E-state index < -0.39 is 0 Å². The zero-order valence-corrected chi connectivity index (χ0v) is 9.96. The third kappa shape index (κ3) is 2.68. The van der Waals surface area contributed by atoms with Gasteiger partial charge < -0.3 is 10.4 Å². The van der Waals surface area contributed by atoms with Crippen LogP contribution in [-0.2, 0) is 0 Å². The summed E-state index contributed by atoms with van der Waals surface area (Å²) in [5.41, 5.74) is 0.611. The van der Waals surface area contributed by atoms with E-state index >= 15 is 0 Å². The molecule has 0 unspecified atom stereocenters. The largest absolute Gasteiger partial charge is 0.396 e. The first-order valence-corrected chi connectivity index (χ1v) is 5.49. The van der Waals surface area contributed by atoms with E-state index in [9.17, 15) is 0 Å². The number of aromatic nitrogens is 5. The van der Waals surface area contributed by atoms with Gasteiger partial charge in [0, 0.05) is 13.2 Å². The predicted octanol–water partition coefficient (Wildman–Crippen LogP) is 0.340. The quantitative estimate of drug-likeness (QED) is 0.778. The highest BCUT2D eigenvalue weighted by atomic mass is 16.3. The van der Waals surface area contributed by atoms with Crippen LogP contribution >= 0.6 is 0 Å². The highest BCUT2D eigenvalue weighted by molar-refractivity contribution is 5.43. The molecule has 0 aliphatic carbocycles. The van der Waals surface area contributed by atoms with Crippen molar-refractivity contribution in [1.82, 2.24) is 25.0 Å². The summed E-state index contributed by atoms with van der Waals surface area (Å²) in [4.78, 5) is 4.06. The summed E-state index contributed by atoms with van der Waals surface area (Å²) in [6.07, 6.45) is 4.02. The molecule has 0 saturated heterocycles. The fourth-order valence-corrected chi connectivity index (χ4v) is 1.52. The molecule has 2 aromatic rings. The summed E-state index contributed by atoms with van der Waals surface area (Å²) in [5.74, 6) is 0.749. The Labute approximate surface area is 98.9 Å². The van der Waals surface area contributed by atoms with Gasteiger partial charge in [-0.1, -0.05) is 13.8 Å². The second-order valence-corrected chi connectivity index (χ2v) is 4.73. The van der Waals surface area contributed by atoms with Crippen molar-refractivity contribution in [2.75, 3.05) is 18.5 Å². The van der Waals surface area contributed by atoms with Crippen LogP contribution in [0.25, 0.3) is 5.65 Å². The van der Waals surface area contributed by atoms with Gasteiger partial charge in [-0.3, -0.25) is 4.98 Å². The molecule has 2 aromatic heterocycles. The van der Waals surface area contributed by atoms with Crippen LogP contribution in [0.15, 0.2) is 12.4 Å². The van der Waals surface area contributed by atoms with Gasteiger partial charge in [-0.05, 0) is 22.3 Å². The van der Waals surface area contributed by atoms with Crippen LogP contribution in [0.3, 0.4) is 0 Å². The molecule has 0 radical (unpaired) electrons. The molecule has 2 rings (SSSR count). The maximum Gasteiger partial charge on any atom is 0.199 e. The van der Waals surface area contributed by atoms with E-state index in [-0.39, 0.29) is 12.0 Å². The van der Waals surface area contributed by atoms with Crippen molar-refractivity contribution in [3.05, 3.63) is 12.4 Å². The topological polar surface area (TPSA) is 88.2 Å². The van der Waals surface area contributed by atoms with Crippen LogP contribution in [0.2, 0.25) is 0 Å². The van der Waals surface area contributed by atoms with Crippen LogP contribution in [0.1, 0.15) is 20.3 Å². The minimum atomic E-state index is 0.00489.